The summed E-state index contributed by atoms with van der Waals surface area (Å²) in [4.78, 5) is 4.60. The molecule has 4 rings (SSSR count). The molecule has 1 aromatic heterocycles. The highest BCUT2D eigenvalue weighted by molar-refractivity contribution is 6.49. The van der Waals surface area contributed by atoms with E-state index in [-0.39, 0.29) is 35.2 Å². The molecule has 0 bridgehead atoms. The van der Waals surface area contributed by atoms with Crippen molar-refractivity contribution in [2.24, 2.45) is 0 Å². The Morgan fingerprint density at radius 3 is 1.24 bits per heavy atom. The molecule has 33 heavy (non-hydrogen) atoms. The molecule has 0 fully saturated rings. The quantitative estimate of drug-likeness (QED) is 0.209. The Hall–Kier alpha value is -0.580. The summed E-state index contributed by atoms with van der Waals surface area (Å²) < 4.78 is 0. The third-order valence-electron chi connectivity index (χ3n) is 4.78. The van der Waals surface area contributed by atoms with Crippen LogP contribution in [0.4, 0.5) is 0 Å². The van der Waals surface area contributed by atoms with Crippen molar-refractivity contribution >= 4 is 104 Å². The van der Waals surface area contributed by atoms with Crippen LogP contribution in [-0.2, 0) is 0 Å². The highest BCUT2D eigenvalue weighted by Crippen LogP contribution is 2.46. The average Bonchev–Trinajstić information content (AvgIpc) is 2.77. The zero-order chi connectivity index (χ0) is 24.0. The highest BCUT2D eigenvalue weighted by atomic mass is 35.5. The molecule has 168 valence electrons. The second-order valence-electron chi connectivity index (χ2n) is 6.84. The van der Waals surface area contributed by atoms with Crippen LogP contribution in [0.1, 0.15) is 0 Å². The first-order chi connectivity index (χ1) is 15.6. The maximum atomic E-state index is 6.35. The van der Waals surface area contributed by atoms with Gasteiger partial charge in [-0.15, -0.1) is 0 Å². The van der Waals surface area contributed by atoms with Crippen LogP contribution in [0.2, 0.25) is 45.2 Å². The molecule has 0 radical (unpaired) electrons. The van der Waals surface area contributed by atoms with Crippen LogP contribution < -0.4 is 0 Å². The molecule has 1 nitrogen and oxygen atoms in total. The lowest BCUT2D eigenvalue weighted by Crippen LogP contribution is -1.95. The van der Waals surface area contributed by atoms with Crippen LogP contribution in [0.5, 0.6) is 0 Å². The number of hydrogen-bond donors (Lipinski definition) is 0. The van der Waals surface area contributed by atoms with Crippen molar-refractivity contribution in [3.63, 3.8) is 0 Å². The van der Waals surface area contributed by atoms with Gasteiger partial charge >= 0.3 is 0 Å². The first-order valence-electron chi connectivity index (χ1n) is 9.02. The van der Waals surface area contributed by atoms with Gasteiger partial charge in [-0.3, -0.25) is 4.98 Å². The monoisotopic (exact) mass is 613 g/mol. The lowest BCUT2D eigenvalue weighted by atomic mass is 9.91. The Kier molecular flexibility index (Phi) is 7.88. The predicted octanol–water partition coefficient (Wildman–Crippen LogP) is 12.0. The van der Waals surface area contributed by atoms with Crippen molar-refractivity contribution in [2.45, 2.75) is 0 Å². The summed E-state index contributed by atoms with van der Waals surface area (Å²) in [6.45, 7) is 0. The number of hydrogen-bond acceptors (Lipinski definition) is 1. The lowest BCUT2D eigenvalue weighted by Gasteiger charge is -2.17. The molecule has 4 aromatic rings. The van der Waals surface area contributed by atoms with E-state index in [2.05, 4.69) is 4.98 Å². The van der Waals surface area contributed by atoms with E-state index in [1.165, 1.54) is 0 Å². The Labute approximate surface area is 235 Å². The molecule has 0 aliphatic rings. The summed E-state index contributed by atoms with van der Waals surface area (Å²) in [5.41, 5.74) is 3.92. The molecule has 0 unspecified atom stereocenters. The maximum absolute atomic E-state index is 6.35. The van der Waals surface area contributed by atoms with Gasteiger partial charge in [-0.25, -0.2) is 0 Å². The maximum Gasteiger partial charge on any atom is 0.0787 e. The van der Waals surface area contributed by atoms with Gasteiger partial charge < -0.3 is 0 Å². The fourth-order valence-corrected chi connectivity index (χ4v) is 5.11. The molecule has 0 spiro atoms. The van der Waals surface area contributed by atoms with Crippen LogP contribution in [-0.4, -0.2) is 4.98 Å². The predicted molar refractivity (Wildman–Crippen MR) is 146 cm³/mol. The zero-order valence-electron chi connectivity index (χ0n) is 16.0. The van der Waals surface area contributed by atoms with E-state index in [1.807, 2.05) is 6.07 Å². The highest BCUT2D eigenvalue weighted by Gasteiger charge is 2.20. The SMILES string of the molecule is Clc1cc(-c2ccnc(-c3cc(Cl)c(Cl)c(Cl)c3)c2-c2cc(Cl)c(Cl)c(Cl)c2)cc(Cl)c1Cl. The van der Waals surface area contributed by atoms with Crippen molar-refractivity contribution in [3.05, 3.63) is 93.9 Å². The fraction of sp³-hybridized carbons (Fsp3) is 0. The summed E-state index contributed by atoms with van der Waals surface area (Å²) >= 11 is 56.4. The molecule has 0 aliphatic carbocycles. The van der Waals surface area contributed by atoms with E-state index in [4.69, 9.17) is 104 Å². The number of rotatable bonds is 3. The minimum Gasteiger partial charge on any atom is -0.256 e. The largest absolute Gasteiger partial charge is 0.256 e. The molecule has 3 aromatic carbocycles. The van der Waals surface area contributed by atoms with Gasteiger partial charge in [0.15, 0.2) is 0 Å². The van der Waals surface area contributed by atoms with Gasteiger partial charge in [-0.1, -0.05) is 104 Å². The average molecular weight is 617 g/mol. The van der Waals surface area contributed by atoms with Gasteiger partial charge in [-0.05, 0) is 59.2 Å². The summed E-state index contributed by atoms with van der Waals surface area (Å²) in [6, 6.07) is 12.0. The van der Waals surface area contributed by atoms with Gasteiger partial charge in [0.05, 0.1) is 50.9 Å². The van der Waals surface area contributed by atoms with E-state index < -0.39 is 0 Å². The number of halogens is 9. The van der Waals surface area contributed by atoms with Gasteiger partial charge in [0, 0.05) is 17.3 Å². The molecule has 10 heteroatoms. The third-order valence-corrected chi connectivity index (χ3v) is 8.37. The smallest absolute Gasteiger partial charge is 0.0787 e. The van der Waals surface area contributed by atoms with Gasteiger partial charge in [-0.2, -0.15) is 0 Å². The van der Waals surface area contributed by atoms with Crippen LogP contribution in [0.15, 0.2) is 48.7 Å². The minimum atomic E-state index is 0.240. The summed E-state index contributed by atoms with van der Waals surface area (Å²) in [6.07, 6.45) is 1.64. The molecule has 0 atom stereocenters. The summed E-state index contributed by atoms with van der Waals surface area (Å²) in [7, 11) is 0. The first kappa shape index (κ1) is 25.5. The van der Waals surface area contributed by atoms with Crippen LogP contribution in [0.25, 0.3) is 33.5 Å². The van der Waals surface area contributed by atoms with E-state index in [0.29, 0.717) is 38.0 Å². The topological polar surface area (TPSA) is 12.9 Å². The third kappa shape index (κ3) is 5.05. The number of aromatic nitrogens is 1. The Morgan fingerprint density at radius 1 is 0.455 bits per heavy atom. The van der Waals surface area contributed by atoms with Crippen molar-refractivity contribution < 1.29 is 0 Å². The van der Waals surface area contributed by atoms with Crippen LogP contribution in [0.3, 0.4) is 0 Å². The van der Waals surface area contributed by atoms with E-state index >= 15 is 0 Å². The van der Waals surface area contributed by atoms with Crippen LogP contribution >= 0.6 is 104 Å². The minimum absolute atomic E-state index is 0.240. The normalized spacial score (nSPS) is 11.2. The number of nitrogens with zero attached hydrogens (tertiary/aromatic N) is 1. The second-order valence-corrected chi connectivity index (χ2v) is 10.4. The molecule has 1 heterocycles. The van der Waals surface area contributed by atoms with Crippen molar-refractivity contribution in [1.29, 1.82) is 0 Å². The van der Waals surface area contributed by atoms with Gasteiger partial charge in [0.1, 0.15) is 0 Å². The molecule has 0 saturated heterocycles. The molecule has 0 saturated carbocycles. The molecule has 0 aliphatic heterocycles. The van der Waals surface area contributed by atoms with Crippen LogP contribution in [0, 0.1) is 0 Å². The van der Waals surface area contributed by atoms with Gasteiger partial charge in [0.2, 0.25) is 0 Å². The number of benzene rings is 3. The standard InChI is InChI=1S/C23H8Cl9N/c24-13-3-9(4-14(25)20(13)30)12-1-2-33-23(11-7-17(28)22(32)18(29)8-11)19(12)10-5-15(26)21(31)16(27)6-10/h1-8H. The lowest BCUT2D eigenvalue weighted by molar-refractivity contribution is 1.32. The van der Waals surface area contributed by atoms with E-state index in [1.54, 1.807) is 42.6 Å². The van der Waals surface area contributed by atoms with Crippen molar-refractivity contribution in [3.8, 4) is 33.5 Å². The Balaban J connectivity index is 2.11. The molecular formula is C23H8Cl9N. The molecule has 0 amide bonds. The molecule has 0 N–H and O–H groups in total. The zero-order valence-corrected chi connectivity index (χ0v) is 22.8. The van der Waals surface area contributed by atoms with E-state index in [0.717, 1.165) is 5.56 Å². The van der Waals surface area contributed by atoms with Gasteiger partial charge in [0.25, 0.3) is 0 Å². The fourth-order valence-electron chi connectivity index (χ4n) is 3.32. The van der Waals surface area contributed by atoms with Crippen molar-refractivity contribution in [2.75, 3.05) is 0 Å². The summed E-state index contributed by atoms with van der Waals surface area (Å²) in [5.74, 6) is 0. The Bertz CT molecular complexity index is 1270. The summed E-state index contributed by atoms with van der Waals surface area (Å²) in [5, 5.41) is 2.45. The molecular weight excluding hydrogens is 609 g/mol. The first-order valence-corrected chi connectivity index (χ1v) is 12.4. The van der Waals surface area contributed by atoms with Crippen molar-refractivity contribution in [1.82, 2.24) is 4.98 Å². The second kappa shape index (κ2) is 10.2. The number of pyridine rings is 1. The Morgan fingerprint density at radius 2 is 0.818 bits per heavy atom. The van der Waals surface area contributed by atoms with E-state index in [9.17, 15) is 0 Å².